The molecule has 0 atom stereocenters. The van der Waals surface area contributed by atoms with E-state index in [0.29, 0.717) is 21.9 Å². The molecule has 0 spiro atoms. The van der Waals surface area contributed by atoms with E-state index in [9.17, 15) is 14.9 Å². The molecule has 3 aromatic rings. The van der Waals surface area contributed by atoms with E-state index in [1.54, 1.807) is 48.5 Å². The Morgan fingerprint density at radius 2 is 1.91 bits per heavy atom. The molecule has 0 unspecified atom stereocenters. The smallest absolute Gasteiger partial charge is 0.363 e. The number of nitro groups is 1. The Kier molecular flexibility index (Phi) is 6.52. The van der Waals surface area contributed by atoms with Crippen molar-refractivity contribution in [3.05, 3.63) is 108 Å². The van der Waals surface area contributed by atoms with Crippen LogP contribution in [0.3, 0.4) is 0 Å². The molecule has 0 bridgehead atoms. The number of rotatable bonds is 6. The number of carbonyl (C=O) groups is 1. The Bertz CT molecular complexity index is 1270. The highest BCUT2D eigenvalue weighted by Gasteiger charge is 2.25. The van der Waals surface area contributed by atoms with Crippen molar-refractivity contribution in [2.24, 2.45) is 4.99 Å². The van der Waals surface area contributed by atoms with E-state index < -0.39 is 10.9 Å². The average Bonchev–Trinajstić information content (AvgIpc) is 3.14. The van der Waals surface area contributed by atoms with Gasteiger partial charge in [0.15, 0.2) is 5.70 Å². The Hall–Kier alpha value is -3.24. The molecule has 0 amide bonds. The Balaban J connectivity index is 1.50. The van der Waals surface area contributed by atoms with Crippen LogP contribution in [0.1, 0.15) is 16.7 Å². The maximum Gasteiger partial charge on any atom is 0.363 e. The largest absolute Gasteiger partial charge is 0.489 e. The van der Waals surface area contributed by atoms with Crippen LogP contribution in [0, 0.1) is 13.7 Å². The van der Waals surface area contributed by atoms with Crippen molar-refractivity contribution < 1.29 is 19.2 Å². The fourth-order valence-electron chi connectivity index (χ4n) is 2.92. The van der Waals surface area contributed by atoms with Gasteiger partial charge in [-0.15, -0.1) is 0 Å². The molecule has 0 saturated heterocycles. The molecular weight excluding hydrogens is 547 g/mol. The molecule has 1 aliphatic rings. The zero-order valence-electron chi connectivity index (χ0n) is 16.3. The number of cyclic esters (lactones) is 1. The zero-order valence-corrected chi connectivity index (χ0v) is 19.2. The van der Waals surface area contributed by atoms with Crippen LogP contribution in [0.5, 0.6) is 5.75 Å². The van der Waals surface area contributed by atoms with Crippen LogP contribution in [0.25, 0.3) is 6.08 Å². The predicted molar refractivity (Wildman–Crippen MR) is 129 cm³/mol. The lowest BCUT2D eigenvalue weighted by molar-refractivity contribution is -0.384. The van der Waals surface area contributed by atoms with Gasteiger partial charge in [-0.1, -0.05) is 23.7 Å². The van der Waals surface area contributed by atoms with Crippen molar-refractivity contribution >= 4 is 57.8 Å². The van der Waals surface area contributed by atoms with Crippen LogP contribution < -0.4 is 4.74 Å². The van der Waals surface area contributed by atoms with Crippen molar-refractivity contribution in [2.75, 3.05) is 0 Å². The third-order valence-electron chi connectivity index (χ3n) is 4.49. The van der Waals surface area contributed by atoms with Gasteiger partial charge in [0.2, 0.25) is 5.90 Å². The summed E-state index contributed by atoms with van der Waals surface area (Å²) in [5.41, 5.74) is 2.23. The van der Waals surface area contributed by atoms with E-state index in [1.807, 2.05) is 12.1 Å². The first-order chi connectivity index (χ1) is 15.4. The molecule has 1 heterocycles. The van der Waals surface area contributed by atoms with Crippen LogP contribution in [-0.4, -0.2) is 16.8 Å². The first-order valence-electron chi connectivity index (χ1n) is 9.33. The zero-order chi connectivity index (χ0) is 22.7. The highest BCUT2D eigenvalue weighted by atomic mass is 127. The first-order valence-corrected chi connectivity index (χ1v) is 10.8. The Labute approximate surface area is 201 Å². The summed E-state index contributed by atoms with van der Waals surface area (Å²) in [4.78, 5) is 26.9. The number of ether oxygens (including phenoxy) is 2. The van der Waals surface area contributed by atoms with Gasteiger partial charge in [0.25, 0.3) is 5.69 Å². The van der Waals surface area contributed by atoms with E-state index in [1.165, 1.54) is 12.1 Å². The molecule has 4 rings (SSSR count). The van der Waals surface area contributed by atoms with Gasteiger partial charge in [-0.3, -0.25) is 10.1 Å². The highest BCUT2D eigenvalue weighted by molar-refractivity contribution is 14.1. The Morgan fingerprint density at radius 1 is 1.12 bits per heavy atom. The fourth-order valence-corrected chi connectivity index (χ4v) is 3.61. The molecular formula is C23H14ClIN2O5. The molecule has 0 radical (unpaired) electrons. The van der Waals surface area contributed by atoms with E-state index in [2.05, 4.69) is 27.6 Å². The van der Waals surface area contributed by atoms with Gasteiger partial charge in [0.05, 0.1) is 15.5 Å². The van der Waals surface area contributed by atoms with Gasteiger partial charge >= 0.3 is 5.97 Å². The van der Waals surface area contributed by atoms with Crippen molar-refractivity contribution in [1.29, 1.82) is 0 Å². The standard InChI is InChI=1S/C23H14ClIN2O5/c24-20-9-6-16(25)12-19(20)22-26-21(23(28)32-22)11-15-2-1-3-18(10-15)31-13-14-4-7-17(8-5-14)27(29)30/h1-12H,13H2/b21-11-. The first kappa shape index (κ1) is 22.0. The lowest BCUT2D eigenvalue weighted by Crippen LogP contribution is -2.06. The molecule has 0 aliphatic carbocycles. The summed E-state index contributed by atoms with van der Waals surface area (Å²) in [5.74, 6) is 0.177. The molecule has 32 heavy (non-hydrogen) atoms. The second-order valence-electron chi connectivity index (χ2n) is 6.74. The topological polar surface area (TPSA) is 91.0 Å². The minimum atomic E-state index is -0.563. The third-order valence-corrected chi connectivity index (χ3v) is 5.49. The number of nitro benzene ring substituents is 1. The van der Waals surface area contributed by atoms with Crippen molar-refractivity contribution in [3.63, 3.8) is 0 Å². The van der Waals surface area contributed by atoms with E-state index in [-0.39, 0.29) is 23.9 Å². The summed E-state index contributed by atoms with van der Waals surface area (Å²) in [6, 6.07) is 18.7. The number of nitrogens with zero attached hydrogens (tertiary/aromatic N) is 2. The lowest BCUT2D eigenvalue weighted by Gasteiger charge is -2.07. The van der Waals surface area contributed by atoms with Gasteiger partial charge in [-0.2, -0.15) is 0 Å². The molecule has 9 heteroatoms. The van der Waals surface area contributed by atoms with Crippen molar-refractivity contribution in [2.45, 2.75) is 6.61 Å². The van der Waals surface area contributed by atoms with E-state index >= 15 is 0 Å². The van der Waals surface area contributed by atoms with Crippen LogP contribution in [0.15, 0.2) is 77.4 Å². The van der Waals surface area contributed by atoms with Crippen molar-refractivity contribution in [3.8, 4) is 5.75 Å². The molecule has 0 N–H and O–H groups in total. The van der Waals surface area contributed by atoms with E-state index in [4.69, 9.17) is 21.1 Å². The predicted octanol–water partition coefficient (Wildman–Crippen LogP) is 5.78. The number of hydrogen-bond acceptors (Lipinski definition) is 6. The summed E-state index contributed by atoms with van der Waals surface area (Å²) in [6.45, 7) is 0.244. The molecule has 0 saturated carbocycles. The Morgan fingerprint density at radius 3 is 2.66 bits per heavy atom. The van der Waals surface area contributed by atoms with Crippen LogP contribution in [0.2, 0.25) is 5.02 Å². The summed E-state index contributed by atoms with van der Waals surface area (Å²) in [6.07, 6.45) is 1.61. The quantitative estimate of drug-likeness (QED) is 0.125. The molecule has 160 valence electrons. The van der Waals surface area contributed by atoms with E-state index in [0.717, 1.165) is 9.13 Å². The van der Waals surface area contributed by atoms with Gasteiger partial charge in [-0.05, 0) is 82.3 Å². The SMILES string of the molecule is O=C1OC(c2cc(I)ccc2Cl)=N/C1=C\c1cccc(OCc2ccc([N+](=O)[O-])cc2)c1. The normalized spacial score (nSPS) is 14.2. The number of hydrogen-bond donors (Lipinski definition) is 0. The maximum absolute atomic E-state index is 12.3. The average molecular weight is 561 g/mol. The number of non-ortho nitro benzene ring substituents is 1. The van der Waals surface area contributed by atoms with Gasteiger partial charge in [0.1, 0.15) is 12.4 Å². The summed E-state index contributed by atoms with van der Waals surface area (Å²) in [5, 5.41) is 11.2. The number of carbonyl (C=O) groups excluding carboxylic acids is 1. The highest BCUT2D eigenvalue weighted by Crippen LogP contribution is 2.26. The molecule has 0 fully saturated rings. The minimum Gasteiger partial charge on any atom is -0.489 e. The van der Waals surface area contributed by atoms with Gasteiger partial charge in [-0.25, -0.2) is 9.79 Å². The number of benzene rings is 3. The number of halogens is 2. The summed E-state index contributed by atoms with van der Waals surface area (Å²) < 4.78 is 12.0. The third kappa shape index (κ3) is 5.14. The summed E-state index contributed by atoms with van der Waals surface area (Å²) >= 11 is 8.36. The molecule has 1 aliphatic heterocycles. The van der Waals surface area contributed by atoms with Gasteiger partial charge < -0.3 is 9.47 Å². The van der Waals surface area contributed by atoms with Crippen LogP contribution in [-0.2, 0) is 16.1 Å². The minimum absolute atomic E-state index is 0.0252. The fraction of sp³-hybridized carbons (Fsp3) is 0.0435. The number of aliphatic imine (C=N–C) groups is 1. The second kappa shape index (κ2) is 9.49. The van der Waals surface area contributed by atoms with Crippen molar-refractivity contribution in [1.82, 2.24) is 0 Å². The lowest BCUT2D eigenvalue weighted by atomic mass is 10.2. The molecule has 3 aromatic carbocycles. The van der Waals surface area contributed by atoms with Gasteiger partial charge in [0, 0.05) is 15.7 Å². The second-order valence-corrected chi connectivity index (χ2v) is 8.40. The molecule has 7 nitrogen and oxygen atoms in total. The van der Waals surface area contributed by atoms with Crippen LogP contribution in [0.4, 0.5) is 5.69 Å². The summed E-state index contributed by atoms with van der Waals surface area (Å²) in [7, 11) is 0. The number of esters is 1. The monoisotopic (exact) mass is 560 g/mol. The molecule has 0 aromatic heterocycles. The maximum atomic E-state index is 12.3. The van der Waals surface area contributed by atoms with Crippen LogP contribution >= 0.6 is 34.2 Å².